The van der Waals surface area contributed by atoms with Gasteiger partial charge in [-0.2, -0.15) is 0 Å². The Kier molecular flexibility index (Phi) is 5.55. The SMILES string of the molecule is CC(C)(C)c1ccc([C@]2(C(=O)OCC(Cl)(Cl)Cl)C[C@@H]2c2ccccc2)cc1. The summed E-state index contributed by atoms with van der Waals surface area (Å²) in [5, 5.41) is 0. The van der Waals surface area contributed by atoms with E-state index in [1.54, 1.807) is 0 Å². The summed E-state index contributed by atoms with van der Waals surface area (Å²) in [5.74, 6) is -0.284. The van der Waals surface area contributed by atoms with Gasteiger partial charge >= 0.3 is 5.97 Å². The Morgan fingerprint density at radius 3 is 2.15 bits per heavy atom. The number of alkyl halides is 3. The zero-order valence-electron chi connectivity index (χ0n) is 15.6. The summed E-state index contributed by atoms with van der Waals surface area (Å²) in [7, 11) is 0. The van der Waals surface area contributed by atoms with Crippen LogP contribution in [0, 0.1) is 0 Å². The fourth-order valence-corrected chi connectivity index (χ4v) is 3.72. The molecule has 0 saturated heterocycles. The molecular formula is C22H23Cl3O2. The number of benzene rings is 2. The van der Waals surface area contributed by atoms with Crippen LogP contribution >= 0.6 is 34.8 Å². The Bertz CT molecular complexity index is 804. The predicted octanol–water partition coefficient (Wildman–Crippen LogP) is 6.32. The lowest BCUT2D eigenvalue weighted by Crippen LogP contribution is -2.29. The number of ether oxygens (including phenoxy) is 1. The van der Waals surface area contributed by atoms with E-state index >= 15 is 0 Å². The molecule has 2 aromatic rings. The van der Waals surface area contributed by atoms with Crippen molar-refractivity contribution in [3.8, 4) is 0 Å². The molecule has 2 nitrogen and oxygen atoms in total. The molecular weight excluding hydrogens is 403 g/mol. The highest BCUT2D eigenvalue weighted by atomic mass is 35.6. The molecule has 1 aliphatic rings. The van der Waals surface area contributed by atoms with Gasteiger partial charge in [0, 0.05) is 5.92 Å². The molecule has 1 fully saturated rings. The summed E-state index contributed by atoms with van der Waals surface area (Å²) in [4.78, 5) is 13.0. The largest absolute Gasteiger partial charge is 0.460 e. The first-order valence-corrected chi connectivity index (χ1v) is 10.1. The van der Waals surface area contributed by atoms with Crippen molar-refractivity contribution >= 4 is 40.8 Å². The van der Waals surface area contributed by atoms with Crippen molar-refractivity contribution in [1.29, 1.82) is 0 Å². The van der Waals surface area contributed by atoms with Gasteiger partial charge < -0.3 is 4.74 Å². The molecule has 0 aliphatic heterocycles. The summed E-state index contributed by atoms with van der Waals surface area (Å²) in [5.41, 5.74) is 2.59. The first-order chi connectivity index (χ1) is 12.5. The average molecular weight is 426 g/mol. The smallest absolute Gasteiger partial charge is 0.317 e. The molecule has 1 aliphatic carbocycles. The molecule has 0 bridgehead atoms. The van der Waals surface area contributed by atoms with Crippen molar-refractivity contribution in [3.05, 3.63) is 71.3 Å². The number of hydrogen-bond donors (Lipinski definition) is 0. The molecule has 2 aromatic carbocycles. The Morgan fingerprint density at radius 1 is 1.04 bits per heavy atom. The van der Waals surface area contributed by atoms with Crippen molar-refractivity contribution in [2.45, 2.75) is 47.7 Å². The lowest BCUT2D eigenvalue weighted by molar-refractivity contribution is -0.146. The maximum atomic E-state index is 13.0. The molecule has 5 heteroatoms. The van der Waals surface area contributed by atoms with E-state index in [0.717, 1.165) is 11.1 Å². The summed E-state index contributed by atoms with van der Waals surface area (Å²) in [6, 6.07) is 18.2. The third kappa shape index (κ3) is 4.45. The summed E-state index contributed by atoms with van der Waals surface area (Å²) in [6.07, 6.45) is 0.685. The molecule has 1 saturated carbocycles. The fraction of sp³-hybridized carbons (Fsp3) is 0.409. The third-order valence-electron chi connectivity index (χ3n) is 5.16. The minimum atomic E-state index is -1.62. The molecule has 0 aromatic heterocycles. The molecule has 3 rings (SSSR count). The normalized spacial score (nSPS) is 22.4. The molecule has 144 valence electrons. The van der Waals surface area contributed by atoms with Gasteiger partial charge in [0.25, 0.3) is 0 Å². The molecule has 27 heavy (non-hydrogen) atoms. The highest BCUT2D eigenvalue weighted by molar-refractivity contribution is 6.67. The van der Waals surface area contributed by atoms with Crippen LogP contribution in [0.5, 0.6) is 0 Å². The lowest BCUT2D eigenvalue weighted by atomic mass is 9.84. The van der Waals surface area contributed by atoms with Gasteiger partial charge in [-0.1, -0.05) is 110 Å². The van der Waals surface area contributed by atoms with E-state index in [1.165, 1.54) is 5.56 Å². The average Bonchev–Trinajstić information content (AvgIpc) is 3.36. The molecule has 0 radical (unpaired) electrons. The number of esters is 1. The van der Waals surface area contributed by atoms with E-state index in [4.69, 9.17) is 39.5 Å². The second-order valence-electron chi connectivity index (χ2n) is 8.16. The second-order valence-corrected chi connectivity index (χ2v) is 10.7. The van der Waals surface area contributed by atoms with Crippen LogP contribution in [0.2, 0.25) is 0 Å². The van der Waals surface area contributed by atoms with Gasteiger partial charge in [0.1, 0.15) is 12.0 Å². The second kappa shape index (κ2) is 7.31. The van der Waals surface area contributed by atoms with Gasteiger partial charge in [-0.3, -0.25) is 4.79 Å². The van der Waals surface area contributed by atoms with Crippen LogP contribution in [0.25, 0.3) is 0 Å². The van der Waals surface area contributed by atoms with Crippen molar-refractivity contribution in [3.63, 3.8) is 0 Å². The molecule has 0 unspecified atom stereocenters. The molecule has 0 spiro atoms. The maximum absolute atomic E-state index is 13.0. The Hall–Kier alpha value is -1.22. The zero-order chi connectivity index (χ0) is 19.9. The molecule has 0 N–H and O–H groups in total. The first kappa shape index (κ1) is 20.5. The number of carbonyl (C=O) groups excluding carboxylic acids is 1. The molecule has 2 atom stereocenters. The summed E-state index contributed by atoms with van der Waals surface area (Å²) < 4.78 is 3.78. The van der Waals surface area contributed by atoms with Crippen LogP contribution in [0.4, 0.5) is 0 Å². The standard InChI is InChI=1S/C22H23Cl3O2/c1-20(2,3)16-9-11-17(12-10-16)21(19(26)27-14-22(23,24)25)13-18(21)15-7-5-4-6-8-15/h4-12,18H,13-14H2,1-3H3/t18-,21-/m1/s1. The van der Waals surface area contributed by atoms with Gasteiger partial charge in [-0.15, -0.1) is 0 Å². The van der Waals surface area contributed by atoms with Crippen LogP contribution in [-0.2, 0) is 20.4 Å². The third-order valence-corrected chi connectivity index (χ3v) is 5.49. The van der Waals surface area contributed by atoms with Crippen LogP contribution in [-0.4, -0.2) is 16.4 Å². The van der Waals surface area contributed by atoms with Crippen LogP contribution < -0.4 is 0 Å². The summed E-state index contributed by atoms with van der Waals surface area (Å²) in [6.45, 7) is 6.23. The highest BCUT2D eigenvalue weighted by Gasteiger charge is 2.63. The Morgan fingerprint density at radius 2 is 1.63 bits per heavy atom. The number of hydrogen-bond acceptors (Lipinski definition) is 2. The van der Waals surface area contributed by atoms with Crippen LogP contribution in [0.3, 0.4) is 0 Å². The van der Waals surface area contributed by atoms with Crippen molar-refractivity contribution < 1.29 is 9.53 Å². The quantitative estimate of drug-likeness (QED) is 0.423. The number of carbonyl (C=O) groups is 1. The predicted molar refractivity (Wildman–Crippen MR) is 112 cm³/mol. The number of rotatable bonds is 4. The maximum Gasteiger partial charge on any atom is 0.317 e. The lowest BCUT2D eigenvalue weighted by Gasteiger charge is -2.22. The van der Waals surface area contributed by atoms with E-state index in [2.05, 4.69) is 32.9 Å². The van der Waals surface area contributed by atoms with Crippen molar-refractivity contribution in [1.82, 2.24) is 0 Å². The van der Waals surface area contributed by atoms with Gasteiger partial charge in [0.15, 0.2) is 0 Å². The minimum absolute atomic E-state index is 0.0457. The Balaban J connectivity index is 1.93. The Labute approximate surface area is 175 Å². The van der Waals surface area contributed by atoms with Gasteiger partial charge in [-0.25, -0.2) is 0 Å². The van der Waals surface area contributed by atoms with Crippen molar-refractivity contribution in [2.24, 2.45) is 0 Å². The fourth-order valence-electron chi connectivity index (χ4n) is 3.56. The molecule has 0 heterocycles. The van der Waals surface area contributed by atoms with E-state index in [-0.39, 0.29) is 23.9 Å². The number of halogens is 3. The summed E-state index contributed by atoms with van der Waals surface area (Å²) >= 11 is 17.3. The van der Waals surface area contributed by atoms with Gasteiger partial charge in [0.05, 0.1) is 0 Å². The van der Waals surface area contributed by atoms with E-state index in [0.29, 0.717) is 6.42 Å². The minimum Gasteiger partial charge on any atom is -0.460 e. The monoisotopic (exact) mass is 424 g/mol. The van der Waals surface area contributed by atoms with Crippen LogP contribution in [0.1, 0.15) is 49.8 Å². The van der Waals surface area contributed by atoms with Gasteiger partial charge in [-0.05, 0) is 28.5 Å². The van der Waals surface area contributed by atoms with Crippen molar-refractivity contribution in [2.75, 3.05) is 6.61 Å². The molecule has 0 amide bonds. The van der Waals surface area contributed by atoms with E-state index in [9.17, 15) is 4.79 Å². The first-order valence-electron chi connectivity index (χ1n) is 8.94. The topological polar surface area (TPSA) is 26.3 Å². The highest BCUT2D eigenvalue weighted by Crippen LogP contribution is 2.61. The van der Waals surface area contributed by atoms with E-state index in [1.807, 2.05) is 42.5 Å². The van der Waals surface area contributed by atoms with Gasteiger partial charge in [0.2, 0.25) is 3.79 Å². The zero-order valence-corrected chi connectivity index (χ0v) is 17.9. The van der Waals surface area contributed by atoms with E-state index < -0.39 is 9.21 Å². The van der Waals surface area contributed by atoms with Crippen LogP contribution in [0.15, 0.2) is 54.6 Å².